The normalized spacial score (nSPS) is 12.5. The monoisotopic (exact) mass is 342 g/mol. The van der Waals surface area contributed by atoms with E-state index in [4.69, 9.17) is 0 Å². The van der Waals surface area contributed by atoms with E-state index in [0.717, 1.165) is 19.4 Å². The summed E-state index contributed by atoms with van der Waals surface area (Å²) in [6.07, 6.45) is -0.342. The summed E-state index contributed by atoms with van der Waals surface area (Å²) in [6.45, 7) is 0. The van der Waals surface area contributed by atoms with Crippen LogP contribution >= 0.6 is 0 Å². The van der Waals surface area contributed by atoms with Crippen molar-refractivity contribution in [2.75, 3.05) is 7.11 Å². The number of aromatic amines is 1. The standard InChI is InChI=1S/C14H13F3N4O3/c1-24-13(23)11(4-8-5-19-7-20-8)21-12(22)9-2-3-18-6-10(9)14(15,16)17/h2-3,5-7,11H,4H2,1H3,(H,19,20)(H,21,22)/t11-/m1/s1. The average Bonchev–Trinajstić information content (AvgIpc) is 3.05. The van der Waals surface area contributed by atoms with E-state index >= 15 is 0 Å². The first-order valence-electron chi connectivity index (χ1n) is 6.70. The van der Waals surface area contributed by atoms with Gasteiger partial charge in [0.05, 0.1) is 24.6 Å². The molecule has 0 unspecified atom stereocenters. The molecular weight excluding hydrogens is 329 g/mol. The lowest BCUT2D eigenvalue weighted by atomic mass is 10.1. The van der Waals surface area contributed by atoms with E-state index in [0.29, 0.717) is 11.9 Å². The molecule has 0 aliphatic heterocycles. The molecule has 2 N–H and O–H groups in total. The maximum absolute atomic E-state index is 13.0. The summed E-state index contributed by atoms with van der Waals surface area (Å²) in [6, 6.07) is -0.236. The Morgan fingerprint density at radius 1 is 1.33 bits per heavy atom. The lowest BCUT2D eigenvalue weighted by Gasteiger charge is -2.17. The van der Waals surface area contributed by atoms with E-state index in [1.807, 2.05) is 0 Å². The zero-order valence-corrected chi connectivity index (χ0v) is 12.4. The number of esters is 1. The van der Waals surface area contributed by atoms with Crippen LogP contribution in [0.25, 0.3) is 0 Å². The van der Waals surface area contributed by atoms with Gasteiger partial charge in [-0.2, -0.15) is 13.2 Å². The van der Waals surface area contributed by atoms with Crippen LogP contribution < -0.4 is 5.32 Å². The van der Waals surface area contributed by atoms with E-state index in [1.165, 1.54) is 12.5 Å². The minimum Gasteiger partial charge on any atom is -0.467 e. The van der Waals surface area contributed by atoms with Crippen molar-refractivity contribution < 1.29 is 27.5 Å². The highest BCUT2D eigenvalue weighted by Gasteiger charge is 2.36. The Kier molecular flexibility index (Phi) is 5.17. The van der Waals surface area contributed by atoms with Crippen molar-refractivity contribution in [3.05, 3.63) is 47.8 Å². The van der Waals surface area contributed by atoms with Gasteiger partial charge in [0.2, 0.25) is 0 Å². The fourth-order valence-electron chi connectivity index (χ4n) is 2.01. The second kappa shape index (κ2) is 7.11. The van der Waals surface area contributed by atoms with Gasteiger partial charge in [-0.1, -0.05) is 0 Å². The molecule has 2 aromatic rings. The molecule has 10 heteroatoms. The number of pyridine rings is 1. The first-order valence-corrected chi connectivity index (χ1v) is 6.70. The lowest BCUT2D eigenvalue weighted by Crippen LogP contribution is -2.43. The third-order valence-corrected chi connectivity index (χ3v) is 3.14. The molecular formula is C14H13F3N4O3. The molecule has 2 aromatic heterocycles. The molecule has 0 fully saturated rings. The van der Waals surface area contributed by atoms with E-state index in [9.17, 15) is 22.8 Å². The van der Waals surface area contributed by atoms with Crippen molar-refractivity contribution in [3.63, 3.8) is 0 Å². The largest absolute Gasteiger partial charge is 0.467 e. The van der Waals surface area contributed by atoms with E-state index in [1.54, 1.807) is 0 Å². The molecule has 0 aromatic carbocycles. The van der Waals surface area contributed by atoms with Crippen LogP contribution in [0.5, 0.6) is 0 Å². The molecule has 128 valence electrons. The number of alkyl halides is 3. The molecule has 0 saturated heterocycles. The SMILES string of the molecule is COC(=O)[C@@H](Cc1cnc[nH]1)NC(=O)c1ccncc1C(F)(F)F. The minimum absolute atomic E-state index is 0.00908. The highest BCUT2D eigenvalue weighted by Crippen LogP contribution is 2.31. The van der Waals surface area contributed by atoms with Gasteiger partial charge in [-0.15, -0.1) is 0 Å². The summed E-state index contributed by atoms with van der Waals surface area (Å²) >= 11 is 0. The average molecular weight is 342 g/mol. The number of halogens is 3. The van der Waals surface area contributed by atoms with Gasteiger partial charge in [0.1, 0.15) is 6.04 Å². The zero-order valence-electron chi connectivity index (χ0n) is 12.4. The van der Waals surface area contributed by atoms with Crippen LogP contribution in [-0.4, -0.2) is 40.0 Å². The summed E-state index contributed by atoms with van der Waals surface area (Å²) < 4.78 is 43.4. The number of H-pyrrole nitrogens is 1. The minimum atomic E-state index is -4.74. The summed E-state index contributed by atoms with van der Waals surface area (Å²) in [4.78, 5) is 33.9. The smallest absolute Gasteiger partial charge is 0.418 e. The molecule has 7 nitrogen and oxygen atoms in total. The van der Waals surface area contributed by atoms with Crippen molar-refractivity contribution in [2.24, 2.45) is 0 Å². The molecule has 2 heterocycles. The van der Waals surface area contributed by atoms with Crippen LogP contribution in [-0.2, 0) is 22.1 Å². The predicted octanol–water partition coefficient (Wildman–Crippen LogP) is 1.34. The Labute approximate surface area is 134 Å². The van der Waals surface area contributed by atoms with Gasteiger partial charge in [0.25, 0.3) is 5.91 Å². The fraction of sp³-hybridized carbons (Fsp3) is 0.286. The van der Waals surface area contributed by atoms with Gasteiger partial charge in [0, 0.05) is 30.7 Å². The third kappa shape index (κ3) is 4.09. The molecule has 24 heavy (non-hydrogen) atoms. The number of carbonyl (C=O) groups excluding carboxylic acids is 2. The van der Waals surface area contributed by atoms with Crippen molar-refractivity contribution in [1.29, 1.82) is 0 Å². The quantitative estimate of drug-likeness (QED) is 0.799. The number of carbonyl (C=O) groups is 2. The van der Waals surface area contributed by atoms with E-state index < -0.39 is 35.2 Å². The van der Waals surface area contributed by atoms with Crippen LogP contribution in [0.3, 0.4) is 0 Å². The van der Waals surface area contributed by atoms with Gasteiger partial charge >= 0.3 is 12.1 Å². The van der Waals surface area contributed by atoms with Crippen LogP contribution in [0.15, 0.2) is 31.0 Å². The number of ether oxygens (including phenoxy) is 1. The summed E-state index contributed by atoms with van der Waals surface area (Å²) in [5.41, 5.74) is -1.31. The summed E-state index contributed by atoms with van der Waals surface area (Å²) in [5.74, 6) is -1.85. The first kappa shape index (κ1) is 17.4. The van der Waals surface area contributed by atoms with E-state index in [-0.39, 0.29) is 6.42 Å². The molecule has 1 atom stereocenters. The van der Waals surface area contributed by atoms with Crippen molar-refractivity contribution in [3.8, 4) is 0 Å². The maximum atomic E-state index is 13.0. The number of imidazole rings is 1. The van der Waals surface area contributed by atoms with Gasteiger partial charge < -0.3 is 15.0 Å². The topological polar surface area (TPSA) is 97.0 Å². The zero-order chi connectivity index (χ0) is 17.7. The number of rotatable bonds is 5. The van der Waals surface area contributed by atoms with Crippen LogP contribution in [0, 0.1) is 0 Å². The Balaban J connectivity index is 2.23. The van der Waals surface area contributed by atoms with Gasteiger partial charge in [-0.3, -0.25) is 9.78 Å². The molecule has 0 radical (unpaired) electrons. The van der Waals surface area contributed by atoms with E-state index in [2.05, 4.69) is 25.0 Å². The Morgan fingerprint density at radius 3 is 2.67 bits per heavy atom. The van der Waals surface area contributed by atoms with Gasteiger partial charge in [-0.25, -0.2) is 9.78 Å². The second-order valence-corrected chi connectivity index (χ2v) is 4.75. The Morgan fingerprint density at radius 2 is 2.08 bits per heavy atom. The number of aromatic nitrogens is 3. The summed E-state index contributed by atoms with van der Waals surface area (Å²) in [5, 5.41) is 2.25. The predicted molar refractivity (Wildman–Crippen MR) is 74.8 cm³/mol. The van der Waals surface area contributed by atoms with Crippen LogP contribution in [0.1, 0.15) is 21.6 Å². The number of hydrogen-bond acceptors (Lipinski definition) is 5. The highest BCUT2D eigenvalue weighted by molar-refractivity contribution is 5.98. The summed E-state index contributed by atoms with van der Waals surface area (Å²) in [7, 11) is 1.11. The maximum Gasteiger partial charge on any atom is 0.418 e. The number of hydrogen-bond donors (Lipinski definition) is 2. The molecule has 2 rings (SSSR count). The molecule has 0 aliphatic carbocycles. The van der Waals surface area contributed by atoms with Crippen LogP contribution in [0.2, 0.25) is 0 Å². The number of amides is 1. The molecule has 0 spiro atoms. The lowest BCUT2D eigenvalue weighted by molar-refractivity contribution is -0.142. The Hall–Kier alpha value is -2.91. The second-order valence-electron chi connectivity index (χ2n) is 4.75. The highest BCUT2D eigenvalue weighted by atomic mass is 19.4. The van der Waals surface area contributed by atoms with Crippen LogP contribution in [0.4, 0.5) is 13.2 Å². The molecule has 1 amide bonds. The first-order chi connectivity index (χ1) is 11.3. The van der Waals surface area contributed by atoms with Crippen molar-refractivity contribution in [2.45, 2.75) is 18.6 Å². The fourth-order valence-corrected chi connectivity index (χ4v) is 2.01. The number of nitrogens with one attached hydrogen (secondary N) is 2. The molecule has 0 bridgehead atoms. The molecule has 0 saturated carbocycles. The third-order valence-electron chi connectivity index (χ3n) is 3.14. The van der Waals surface area contributed by atoms with Crippen molar-refractivity contribution in [1.82, 2.24) is 20.3 Å². The number of methoxy groups -OCH3 is 1. The van der Waals surface area contributed by atoms with Gasteiger partial charge in [0.15, 0.2) is 0 Å². The van der Waals surface area contributed by atoms with Gasteiger partial charge in [-0.05, 0) is 6.07 Å². The number of nitrogens with zero attached hydrogens (tertiary/aromatic N) is 2. The van der Waals surface area contributed by atoms with Crippen molar-refractivity contribution >= 4 is 11.9 Å². The Bertz CT molecular complexity index is 716. The molecule has 0 aliphatic rings.